The van der Waals surface area contributed by atoms with E-state index in [-0.39, 0.29) is 35.3 Å². The number of carbonyl (C=O) groups excluding carboxylic acids is 2. The molecule has 0 saturated heterocycles. The van der Waals surface area contributed by atoms with Gasteiger partial charge < -0.3 is 16.4 Å². The number of carbonyl (C=O) groups is 2. The molecule has 9 heteroatoms. The molecule has 0 saturated carbocycles. The smallest absolute Gasteiger partial charge is 0.254 e. The molecule has 0 aromatic carbocycles. The minimum absolute atomic E-state index is 0.0778. The van der Waals surface area contributed by atoms with Gasteiger partial charge in [-0.05, 0) is 12.3 Å². The highest BCUT2D eigenvalue weighted by Crippen LogP contribution is 2.34. The van der Waals surface area contributed by atoms with Gasteiger partial charge in [0.1, 0.15) is 6.04 Å². The minimum Gasteiger partial charge on any atom is -0.368 e. The first-order chi connectivity index (χ1) is 11.9. The van der Waals surface area contributed by atoms with Crippen LogP contribution in [-0.4, -0.2) is 27.8 Å². The highest BCUT2D eigenvalue weighted by molar-refractivity contribution is 7.13. The van der Waals surface area contributed by atoms with Gasteiger partial charge in [0.2, 0.25) is 5.91 Å². The number of thiazole rings is 1. The molecule has 0 bridgehead atoms. The molecule has 0 fully saturated rings. The summed E-state index contributed by atoms with van der Waals surface area (Å²) in [7, 11) is 0. The maximum Gasteiger partial charge on any atom is 0.254 e. The van der Waals surface area contributed by atoms with E-state index < -0.39 is 17.8 Å². The van der Waals surface area contributed by atoms with Gasteiger partial charge in [0.15, 0.2) is 11.6 Å². The van der Waals surface area contributed by atoms with Gasteiger partial charge in [-0.2, -0.15) is 0 Å². The van der Waals surface area contributed by atoms with Crippen LogP contribution in [0.25, 0.3) is 10.6 Å². The fraction of sp³-hybridized carbons (Fsp3) is 0.375. The minimum atomic E-state index is -0.751. The van der Waals surface area contributed by atoms with Gasteiger partial charge in [0.05, 0.1) is 21.6 Å². The van der Waals surface area contributed by atoms with E-state index in [0.717, 1.165) is 0 Å². The van der Waals surface area contributed by atoms with Gasteiger partial charge in [-0.1, -0.05) is 13.8 Å². The monoisotopic (exact) mass is 363 g/mol. The van der Waals surface area contributed by atoms with Crippen LogP contribution in [0, 0.1) is 11.7 Å². The first-order valence-corrected chi connectivity index (χ1v) is 8.71. The van der Waals surface area contributed by atoms with Gasteiger partial charge in [-0.3, -0.25) is 14.6 Å². The van der Waals surface area contributed by atoms with Crippen molar-refractivity contribution >= 4 is 29.0 Å². The first kappa shape index (κ1) is 17.3. The Morgan fingerprint density at radius 1 is 1.52 bits per heavy atom. The Kier molecular flexibility index (Phi) is 4.67. The zero-order valence-electron chi connectivity index (χ0n) is 13.8. The number of aromatic nitrogens is 2. The van der Waals surface area contributed by atoms with E-state index in [0.29, 0.717) is 17.0 Å². The predicted octanol–water partition coefficient (Wildman–Crippen LogP) is 1.90. The molecule has 0 aliphatic carbocycles. The number of anilines is 1. The van der Waals surface area contributed by atoms with E-state index in [9.17, 15) is 14.0 Å². The first-order valence-electron chi connectivity index (χ1n) is 7.83. The largest absolute Gasteiger partial charge is 0.368 e. The van der Waals surface area contributed by atoms with Crippen LogP contribution < -0.4 is 16.4 Å². The fourth-order valence-electron chi connectivity index (χ4n) is 2.77. The molecule has 25 heavy (non-hydrogen) atoms. The van der Waals surface area contributed by atoms with Crippen LogP contribution in [0.5, 0.6) is 0 Å². The molecule has 1 atom stereocenters. The predicted molar refractivity (Wildman–Crippen MR) is 92.5 cm³/mol. The maximum atomic E-state index is 14.8. The molecular weight excluding hydrogens is 345 g/mol. The number of hydrogen-bond acceptors (Lipinski definition) is 6. The summed E-state index contributed by atoms with van der Waals surface area (Å²) in [4.78, 5) is 32.7. The average Bonchev–Trinajstić information content (AvgIpc) is 3.19. The summed E-state index contributed by atoms with van der Waals surface area (Å²) < 4.78 is 14.8. The van der Waals surface area contributed by atoms with Crippen LogP contribution in [0.3, 0.4) is 0 Å². The SMILES string of the molecule is CC(C)C[C@@H](Nc1nc(-c2cncs2)c2c(c1F)CNC2=O)C(N)=O. The number of rotatable bonds is 6. The molecule has 3 heterocycles. The van der Waals surface area contributed by atoms with Crippen molar-refractivity contribution in [2.45, 2.75) is 32.9 Å². The average molecular weight is 363 g/mol. The zero-order chi connectivity index (χ0) is 18.1. The molecule has 1 aliphatic heterocycles. The third-order valence-corrected chi connectivity index (χ3v) is 4.69. The van der Waals surface area contributed by atoms with Gasteiger partial charge in [-0.25, -0.2) is 9.37 Å². The van der Waals surface area contributed by atoms with E-state index >= 15 is 0 Å². The molecule has 2 amide bonds. The third kappa shape index (κ3) is 3.32. The third-order valence-electron chi connectivity index (χ3n) is 3.92. The van der Waals surface area contributed by atoms with E-state index in [1.807, 2.05) is 13.8 Å². The number of amides is 2. The molecule has 3 rings (SSSR count). The second-order valence-electron chi connectivity index (χ2n) is 6.25. The lowest BCUT2D eigenvalue weighted by Crippen LogP contribution is -2.37. The highest BCUT2D eigenvalue weighted by atomic mass is 32.1. The van der Waals surface area contributed by atoms with Crippen molar-refractivity contribution in [2.24, 2.45) is 11.7 Å². The normalized spacial score (nSPS) is 14.3. The van der Waals surface area contributed by atoms with Crippen LogP contribution in [0.15, 0.2) is 11.7 Å². The number of pyridine rings is 1. The quantitative estimate of drug-likeness (QED) is 0.726. The summed E-state index contributed by atoms with van der Waals surface area (Å²) in [5.41, 5.74) is 7.83. The Balaban J connectivity index is 2.07. The number of halogens is 1. The second kappa shape index (κ2) is 6.75. The Bertz CT molecular complexity index is 822. The molecule has 0 unspecified atom stereocenters. The van der Waals surface area contributed by atoms with E-state index in [4.69, 9.17) is 5.73 Å². The van der Waals surface area contributed by atoms with Gasteiger partial charge in [0, 0.05) is 18.3 Å². The van der Waals surface area contributed by atoms with E-state index in [1.54, 1.807) is 11.7 Å². The molecule has 1 aliphatic rings. The van der Waals surface area contributed by atoms with Crippen LogP contribution in [0.1, 0.15) is 36.2 Å². The number of primary amides is 1. The number of nitrogens with zero attached hydrogens (tertiary/aromatic N) is 2. The van der Waals surface area contributed by atoms with Crippen molar-refractivity contribution in [3.8, 4) is 10.6 Å². The summed E-state index contributed by atoms with van der Waals surface area (Å²) in [6.45, 7) is 3.96. The summed E-state index contributed by atoms with van der Waals surface area (Å²) in [6, 6.07) is -0.751. The van der Waals surface area contributed by atoms with Crippen molar-refractivity contribution in [1.29, 1.82) is 0 Å². The van der Waals surface area contributed by atoms with Gasteiger partial charge >= 0.3 is 0 Å². The summed E-state index contributed by atoms with van der Waals surface area (Å²) >= 11 is 1.30. The summed E-state index contributed by atoms with van der Waals surface area (Å²) in [5, 5.41) is 5.42. The molecule has 0 radical (unpaired) electrons. The van der Waals surface area contributed by atoms with Crippen molar-refractivity contribution < 1.29 is 14.0 Å². The van der Waals surface area contributed by atoms with Crippen molar-refractivity contribution in [2.75, 3.05) is 5.32 Å². The van der Waals surface area contributed by atoms with Gasteiger partial charge in [0.25, 0.3) is 5.91 Å². The number of hydrogen-bond donors (Lipinski definition) is 3. The van der Waals surface area contributed by atoms with Crippen molar-refractivity contribution in [1.82, 2.24) is 15.3 Å². The van der Waals surface area contributed by atoms with Crippen molar-refractivity contribution in [3.05, 3.63) is 28.7 Å². The second-order valence-corrected chi connectivity index (χ2v) is 7.14. The molecule has 0 spiro atoms. The molecule has 2 aromatic heterocycles. The lowest BCUT2D eigenvalue weighted by atomic mass is 10.0. The molecule has 4 N–H and O–H groups in total. The highest BCUT2D eigenvalue weighted by Gasteiger charge is 2.31. The lowest BCUT2D eigenvalue weighted by Gasteiger charge is -2.19. The van der Waals surface area contributed by atoms with E-state index in [2.05, 4.69) is 20.6 Å². The summed E-state index contributed by atoms with van der Waals surface area (Å²) in [5.74, 6) is -1.49. The molecule has 2 aromatic rings. The standard InChI is InChI=1S/C16H18FN5O2S/c1-7(2)3-9(14(18)23)21-15-12(17)8-4-20-16(24)11(8)13(22-15)10-5-19-6-25-10/h5-7,9H,3-4H2,1-2H3,(H2,18,23)(H,20,24)(H,21,22)/t9-/m1/s1. The Morgan fingerprint density at radius 2 is 2.28 bits per heavy atom. The Hall–Kier alpha value is -2.55. The number of nitrogens with one attached hydrogen (secondary N) is 2. The Labute approximate surface area is 147 Å². The van der Waals surface area contributed by atoms with Crippen molar-refractivity contribution in [3.63, 3.8) is 0 Å². The van der Waals surface area contributed by atoms with Crippen LogP contribution in [-0.2, 0) is 11.3 Å². The topological polar surface area (TPSA) is 110 Å². The molecule has 132 valence electrons. The van der Waals surface area contributed by atoms with E-state index in [1.165, 1.54) is 11.3 Å². The summed E-state index contributed by atoms with van der Waals surface area (Å²) in [6.07, 6.45) is 2.01. The van der Waals surface area contributed by atoms with Crippen LogP contribution in [0.4, 0.5) is 10.2 Å². The lowest BCUT2D eigenvalue weighted by molar-refractivity contribution is -0.119. The maximum absolute atomic E-state index is 14.8. The number of nitrogens with two attached hydrogens (primary N) is 1. The van der Waals surface area contributed by atoms with Gasteiger partial charge in [-0.15, -0.1) is 11.3 Å². The molecule has 7 nitrogen and oxygen atoms in total. The zero-order valence-corrected chi connectivity index (χ0v) is 14.6. The molecular formula is C16H18FN5O2S. The Morgan fingerprint density at radius 3 is 2.88 bits per heavy atom. The van der Waals surface area contributed by atoms with Crippen LogP contribution in [0.2, 0.25) is 0 Å². The van der Waals surface area contributed by atoms with Crippen LogP contribution >= 0.6 is 11.3 Å². The fourth-order valence-corrected chi connectivity index (χ4v) is 3.39. The number of fused-ring (bicyclic) bond motifs is 1.